The number of rotatable bonds is 8. The molecule has 11 nitrogen and oxygen atoms in total. The number of hydrogen-bond acceptors (Lipinski definition) is 7. The molecule has 3 atom stereocenters. The van der Waals surface area contributed by atoms with Crippen LogP contribution in [0.4, 0.5) is 10.7 Å². The maximum absolute atomic E-state index is 14.3. The Bertz CT molecular complexity index is 1890. The van der Waals surface area contributed by atoms with Gasteiger partial charge in [0.15, 0.2) is 5.65 Å². The fourth-order valence-electron chi connectivity index (χ4n) is 6.71. The second-order valence-corrected chi connectivity index (χ2v) is 21.1. The number of carbonyl (C=O) groups is 1. The summed E-state index contributed by atoms with van der Waals surface area (Å²) in [5.74, 6) is 0.573. The molecule has 0 radical (unpaired) electrons. The average molecular weight is 689 g/mol. The molecule has 6 rings (SSSR count). The van der Waals surface area contributed by atoms with Gasteiger partial charge in [-0.05, 0) is 52.1 Å². The highest BCUT2D eigenvalue weighted by atomic mass is 35.5. The Hall–Kier alpha value is -3.06. The van der Waals surface area contributed by atoms with Crippen LogP contribution >= 0.6 is 23.2 Å². The molecule has 46 heavy (non-hydrogen) atoms. The maximum Gasteiger partial charge on any atom is 0.407 e. The number of alkyl carbamates (subject to hydrolysis) is 1. The molecule has 0 unspecified atom stereocenters. The molecule has 1 N–H and O–H groups in total. The lowest BCUT2D eigenvalue weighted by Gasteiger charge is -2.28. The predicted molar refractivity (Wildman–Crippen MR) is 186 cm³/mol. The SMILES string of the molecule is Cn1nc2ccc(-c3cn(COCC[Si](C)(C)C)c4nc(N5[C@H]6CC[C@@H]5[C@@H](NC(=O)OC(C)(C)C)C6)n(C)c(=O)c34)c(Cl)c2c1Cl. The van der Waals surface area contributed by atoms with Crippen molar-refractivity contribution in [2.45, 2.75) is 96.2 Å². The number of ether oxygens (including phenoxy) is 2. The zero-order valence-corrected chi connectivity index (χ0v) is 30.3. The van der Waals surface area contributed by atoms with Crippen LogP contribution in [0.15, 0.2) is 23.1 Å². The van der Waals surface area contributed by atoms with Gasteiger partial charge in [0.25, 0.3) is 5.56 Å². The maximum atomic E-state index is 14.3. The molecule has 2 aliphatic rings. The van der Waals surface area contributed by atoms with Crippen molar-refractivity contribution in [1.29, 1.82) is 0 Å². The van der Waals surface area contributed by atoms with Gasteiger partial charge in [0, 0.05) is 52.1 Å². The molecule has 5 heterocycles. The van der Waals surface area contributed by atoms with Gasteiger partial charge in [-0.2, -0.15) is 10.1 Å². The monoisotopic (exact) mass is 687 g/mol. The standard InChI is InChI=1S/C32H43Cl2N7O4Si/c1-32(2,3)45-31(43)35-22-15-18-9-12-23(22)41(18)30-36-28-24(29(42)38(30)4)20(16-40(28)17-44-13-14-46(6,7)8)19-10-11-21-25(26(19)33)27(34)39(5)37-21/h10-11,16,18,22-23H,9,12-15,17H2,1-8H3,(H,35,43)/t18-,22-,23+/m0/s1. The average Bonchev–Trinajstić information content (AvgIpc) is 3.68. The number of aromatic nitrogens is 5. The number of carbonyl (C=O) groups excluding carboxylic acids is 1. The van der Waals surface area contributed by atoms with E-state index in [4.69, 9.17) is 37.7 Å². The quantitative estimate of drug-likeness (QED) is 0.165. The molecule has 14 heteroatoms. The number of nitrogens with zero attached hydrogens (tertiary/aromatic N) is 6. The Kier molecular flexibility index (Phi) is 8.48. The molecule has 3 aromatic heterocycles. The summed E-state index contributed by atoms with van der Waals surface area (Å²) in [5.41, 5.74) is 1.75. The van der Waals surface area contributed by atoms with Crippen molar-refractivity contribution >= 4 is 65.3 Å². The molecule has 1 aromatic carbocycles. The van der Waals surface area contributed by atoms with Crippen LogP contribution in [0.25, 0.3) is 33.1 Å². The van der Waals surface area contributed by atoms with Crippen molar-refractivity contribution in [3.63, 3.8) is 0 Å². The van der Waals surface area contributed by atoms with Crippen molar-refractivity contribution in [2.24, 2.45) is 14.1 Å². The fraction of sp³-hybridized carbons (Fsp3) is 0.562. The highest BCUT2D eigenvalue weighted by Crippen LogP contribution is 2.43. The lowest BCUT2D eigenvalue weighted by molar-refractivity contribution is 0.0497. The van der Waals surface area contributed by atoms with Gasteiger partial charge in [-0.15, -0.1) is 0 Å². The minimum atomic E-state index is -1.30. The smallest absolute Gasteiger partial charge is 0.407 e. The summed E-state index contributed by atoms with van der Waals surface area (Å²) in [6, 6.07) is 4.78. The zero-order valence-electron chi connectivity index (χ0n) is 27.8. The second-order valence-electron chi connectivity index (χ2n) is 14.8. The highest BCUT2D eigenvalue weighted by Gasteiger charge is 2.49. The molecule has 2 fully saturated rings. The van der Waals surface area contributed by atoms with E-state index in [1.807, 2.05) is 43.7 Å². The van der Waals surface area contributed by atoms with Gasteiger partial charge in [-0.25, -0.2) is 4.79 Å². The molecule has 0 saturated carbocycles. The van der Waals surface area contributed by atoms with Gasteiger partial charge >= 0.3 is 6.09 Å². The number of halogens is 2. The Balaban J connectivity index is 1.43. The van der Waals surface area contributed by atoms with E-state index in [-0.39, 0.29) is 30.4 Å². The van der Waals surface area contributed by atoms with Crippen molar-refractivity contribution in [3.05, 3.63) is 38.9 Å². The van der Waals surface area contributed by atoms with Crippen molar-refractivity contribution in [2.75, 3.05) is 11.5 Å². The van der Waals surface area contributed by atoms with E-state index in [1.165, 1.54) is 0 Å². The number of nitrogens with one attached hydrogen (secondary N) is 1. The summed E-state index contributed by atoms with van der Waals surface area (Å²) in [6.07, 6.45) is 4.07. The number of benzene rings is 1. The van der Waals surface area contributed by atoms with E-state index < -0.39 is 19.8 Å². The van der Waals surface area contributed by atoms with E-state index >= 15 is 0 Å². The fourth-order valence-corrected chi connectivity index (χ4v) is 8.10. The van der Waals surface area contributed by atoms with E-state index in [2.05, 4.69) is 35.0 Å². The van der Waals surface area contributed by atoms with Crippen LogP contribution < -0.4 is 15.8 Å². The summed E-state index contributed by atoms with van der Waals surface area (Å²) < 4.78 is 16.8. The molecule has 1 amide bonds. The molecule has 4 aromatic rings. The zero-order chi connectivity index (χ0) is 33.3. The topological polar surface area (TPSA) is 108 Å². The summed E-state index contributed by atoms with van der Waals surface area (Å²) in [4.78, 5) is 34.4. The predicted octanol–water partition coefficient (Wildman–Crippen LogP) is 6.54. The van der Waals surface area contributed by atoms with Crippen LogP contribution in [-0.4, -0.2) is 68.4 Å². The first-order chi connectivity index (χ1) is 21.5. The van der Waals surface area contributed by atoms with Gasteiger partial charge in [-0.3, -0.25) is 14.0 Å². The largest absolute Gasteiger partial charge is 0.444 e. The van der Waals surface area contributed by atoms with Crippen LogP contribution in [0, 0.1) is 0 Å². The highest BCUT2D eigenvalue weighted by molar-refractivity contribution is 6.76. The van der Waals surface area contributed by atoms with Crippen molar-refractivity contribution in [3.8, 4) is 11.1 Å². The molecule has 2 aliphatic heterocycles. The Labute approximate surface area is 279 Å². The number of hydrogen-bond donors (Lipinski definition) is 1. The van der Waals surface area contributed by atoms with Crippen molar-refractivity contribution < 1.29 is 14.3 Å². The number of anilines is 1. The van der Waals surface area contributed by atoms with Gasteiger partial charge in [-0.1, -0.05) is 48.9 Å². The first-order valence-electron chi connectivity index (χ1n) is 15.8. The van der Waals surface area contributed by atoms with E-state index in [1.54, 1.807) is 23.3 Å². The minimum Gasteiger partial charge on any atom is -0.444 e. The lowest BCUT2D eigenvalue weighted by atomic mass is 9.96. The third kappa shape index (κ3) is 6.04. The first kappa shape index (κ1) is 32.9. The molecule has 0 spiro atoms. The molecule has 248 valence electrons. The minimum absolute atomic E-state index is 0.00600. The Morgan fingerprint density at radius 2 is 1.85 bits per heavy atom. The van der Waals surface area contributed by atoms with E-state index in [9.17, 15) is 9.59 Å². The number of aryl methyl sites for hydroxylation is 1. The Morgan fingerprint density at radius 1 is 1.11 bits per heavy atom. The number of fused-ring (bicyclic) bond motifs is 4. The molecule has 2 saturated heterocycles. The normalized spacial score (nSPS) is 20.0. The van der Waals surface area contributed by atoms with E-state index in [0.29, 0.717) is 55.8 Å². The van der Waals surface area contributed by atoms with Crippen molar-refractivity contribution in [1.82, 2.24) is 29.2 Å². The molecule has 2 bridgehead atoms. The van der Waals surface area contributed by atoms with Gasteiger partial charge in [0.2, 0.25) is 5.95 Å². The third-order valence-electron chi connectivity index (χ3n) is 8.93. The molecule has 0 aliphatic carbocycles. The Morgan fingerprint density at radius 3 is 2.54 bits per heavy atom. The summed E-state index contributed by atoms with van der Waals surface area (Å²) in [5, 5.41) is 9.47. The van der Waals surface area contributed by atoms with Crippen LogP contribution in [0.3, 0.4) is 0 Å². The number of amides is 1. The van der Waals surface area contributed by atoms with Crippen LogP contribution in [0.1, 0.15) is 40.0 Å². The second kappa shape index (κ2) is 11.9. The third-order valence-corrected chi connectivity index (χ3v) is 11.5. The molecular weight excluding hydrogens is 645 g/mol. The van der Waals surface area contributed by atoms with Crippen LogP contribution in [0.2, 0.25) is 35.9 Å². The van der Waals surface area contributed by atoms with Gasteiger partial charge in [0.1, 0.15) is 17.5 Å². The van der Waals surface area contributed by atoms with Crippen LogP contribution in [0.5, 0.6) is 0 Å². The van der Waals surface area contributed by atoms with Crippen LogP contribution in [-0.2, 0) is 30.3 Å². The summed E-state index contributed by atoms with van der Waals surface area (Å²) in [6.45, 7) is 13.4. The molecular formula is C32H43Cl2N7O4Si. The summed E-state index contributed by atoms with van der Waals surface area (Å²) in [7, 11) is 2.22. The first-order valence-corrected chi connectivity index (χ1v) is 20.3. The lowest BCUT2D eigenvalue weighted by Crippen LogP contribution is -2.46. The summed E-state index contributed by atoms with van der Waals surface area (Å²) >= 11 is 13.6. The van der Waals surface area contributed by atoms with E-state index in [0.717, 1.165) is 25.3 Å². The van der Waals surface area contributed by atoms with Gasteiger partial charge < -0.3 is 24.3 Å². The van der Waals surface area contributed by atoms with Gasteiger partial charge in [0.05, 0.1) is 33.4 Å².